The Labute approximate surface area is 169 Å². The van der Waals surface area contributed by atoms with E-state index in [-0.39, 0.29) is 29.2 Å². The second-order valence-electron chi connectivity index (χ2n) is 6.27. The summed E-state index contributed by atoms with van der Waals surface area (Å²) in [7, 11) is 0. The molecule has 1 amide bonds. The molecule has 0 fully saturated rings. The maximum Gasteiger partial charge on any atom is 0.387 e. The molecule has 2 heterocycles. The Balaban J connectivity index is 1.56. The molecule has 8 nitrogen and oxygen atoms in total. The van der Waals surface area contributed by atoms with Crippen molar-refractivity contribution in [1.29, 1.82) is 0 Å². The van der Waals surface area contributed by atoms with Crippen LogP contribution in [0.3, 0.4) is 0 Å². The van der Waals surface area contributed by atoms with Crippen LogP contribution in [0.25, 0.3) is 5.65 Å². The van der Waals surface area contributed by atoms with Crippen molar-refractivity contribution >= 4 is 17.5 Å². The number of amides is 1. The van der Waals surface area contributed by atoms with E-state index in [9.17, 15) is 23.2 Å². The molecule has 1 aromatic carbocycles. The molecule has 0 aliphatic carbocycles. The number of pyridine rings is 1. The molecule has 0 atom stereocenters. The van der Waals surface area contributed by atoms with Gasteiger partial charge in [-0.15, -0.1) is 0 Å². The lowest BCUT2D eigenvalue weighted by Crippen LogP contribution is -2.30. The van der Waals surface area contributed by atoms with Crippen LogP contribution in [0.1, 0.15) is 21.6 Å². The van der Waals surface area contributed by atoms with Crippen molar-refractivity contribution in [2.24, 2.45) is 0 Å². The maximum atomic E-state index is 12.3. The van der Waals surface area contributed by atoms with Gasteiger partial charge in [0.2, 0.25) is 0 Å². The predicted molar refractivity (Wildman–Crippen MR) is 101 cm³/mol. The zero-order valence-electron chi connectivity index (χ0n) is 15.8. The molecule has 0 saturated heterocycles. The Bertz CT molecular complexity index is 1150. The summed E-state index contributed by atoms with van der Waals surface area (Å²) in [5.74, 6) is -1.59. The van der Waals surface area contributed by atoms with Crippen LogP contribution < -0.4 is 15.6 Å². The summed E-state index contributed by atoms with van der Waals surface area (Å²) < 4.78 is 35.1. The van der Waals surface area contributed by atoms with E-state index < -0.39 is 25.0 Å². The van der Waals surface area contributed by atoms with Crippen LogP contribution >= 0.6 is 0 Å². The Kier molecular flexibility index (Phi) is 6.35. The highest BCUT2D eigenvalue weighted by Crippen LogP contribution is 2.15. The minimum atomic E-state index is -3.01. The number of benzene rings is 1. The number of ether oxygens (including phenoxy) is 2. The number of carbonyl (C=O) groups excluding carboxylic acids is 2. The lowest BCUT2D eigenvalue weighted by Gasteiger charge is -2.09. The highest BCUT2D eigenvalue weighted by molar-refractivity contribution is 5.96. The standard InChI is InChI=1S/C20H17F2N3O5/c1-12-5-6-25-16(7-12)24-14(9-17(25)26)11-29-18(27)10-23-19(28)13-3-2-4-15(8-13)30-20(21)22/h2-9,20H,10-11H2,1H3,(H,23,28). The molecule has 10 heteroatoms. The third kappa shape index (κ3) is 5.37. The molecule has 3 rings (SSSR count). The third-order valence-corrected chi connectivity index (χ3v) is 3.97. The molecule has 0 radical (unpaired) electrons. The molecule has 0 bridgehead atoms. The van der Waals surface area contributed by atoms with Gasteiger partial charge in [0.15, 0.2) is 0 Å². The van der Waals surface area contributed by atoms with Gasteiger partial charge < -0.3 is 14.8 Å². The van der Waals surface area contributed by atoms with Crippen molar-refractivity contribution < 1.29 is 27.8 Å². The van der Waals surface area contributed by atoms with E-state index in [2.05, 4.69) is 15.0 Å². The molecule has 30 heavy (non-hydrogen) atoms. The second kappa shape index (κ2) is 9.12. The van der Waals surface area contributed by atoms with Crippen LogP contribution in [0, 0.1) is 6.92 Å². The fraction of sp³-hybridized carbons (Fsp3) is 0.200. The monoisotopic (exact) mass is 417 g/mol. The van der Waals surface area contributed by atoms with Crippen LogP contribution in [0.5, 0.6) is 5.75 Å². The van der Waals surface area contributed by atoms with Gasteiger partial charge in [-0.25, -0.2) is 4.98 Å². The van der Waals surface area contributed by atoms with Crippen LogP contribution in [0.2, 0.25) is 0 Å². The Morgan fingerprint density at radius 3 is 2.77 bits per heavy atom. The fourth-order valence-corrected chi connectivity index (χ4v) is 2.60. The van der Waals surface area contributed by atoms with Gasteiger partial charge in [0.05, 0.1) is 5.69 Å². The summed E-state index contributed by atoms with van der Waals surface area (Å²) in [6.45, 7) is -1.85. The number of rotatable bonds is 7. The normalized spacial score (nSPS) is 10.8. The van der Waals surface area contributed by atoms with Crippen LogP contribution in [0.15, 0.2) is 53.5 Å². The number of hydrogen-bond donors (Lipinski definition) is 1. The van der Waals surface area contributed by atoms with Crippen LogP contribution in [-0.4, -0.2) is 34.4 Å². The van der Waals surface area contributed by atoms with Gasteiger partial charge in [-0.1, -0.05) is 6.07 Å². The number of halogens is 2. The lowest BCUT2D eigenvalue weighted by atomic mass is 10.2. The Morgan fingerprint density at radius 2 is 2.00 bits per heavy atom. The van der Waals surface area contributed by atoms with E-state index in [1.165, 1.54) is 28.7 Å². The SMILES string of the molecule is Cc1ccn2c(=O)cc(COC(=O)CNC(=O)c3cccc(OC(F)F)c3)nc2c1. The molecule has 0 saturated carbocycles. The third-order valence-electron chi connectivity index (χ3n) is 3.97. The van der Waals surface area contributed by atoms with E-state index in [1.807, 2.05) is 6.92 Å². The predicted octanol–water partition coefficient (Wildman–Crippen LogP) is 2.08. The van der Waals surface area contributed by atoms with Crippen molar-refractivity contribution in [3.8, 4) is 5.75 Å². The van der Waals surface area contributed by atoms with Crippen LogP contribution in [0.4, 0.5) is 8.78 Å². The zero-order valence-corrected chi connectivity index (χ0v) is 15.8. The number of alkyl halides is 2. The van der Waals surface area contributed by atoms with E-state index >= 15 is 0 Å². The average molecular weight is 417 g/mol. The molecule has 1 N–H and O–H groups in total. The topological polar surface area (TPSA) is 99.0 Å². The van der Waals surface area contributed by atoms with Gasteiger partial charge in [-0.05, 0) is 42.8 Å². The molecule has 0 spiro atoms. The molecule has 0 unspecified atom stereocenters. The summed E-state index contributed by atoms with van der Waals surface area (Å²) in [6.07, 6.45) is 1.60. The largest absolute Gasteiger partial charge is 0.458 e. The molecule has 0 aliphatic heterocycles. The highest BCUT2D eigenvalue weighted by atomic mass is 19.3. The van der Waals surface area contributed by atoms with Crippen molar-refractivity contribution in [3.05, 3.63) is 75.8 Å². The zero-order chi connectivity index (χ0) is 21.7. The number of fused-ring (bicyclic) bond motifs is 1. The summed E-state index contributed by atoms with van der Waals surface area (Å²) in [5.41, 5.74) is 1.34. The van der Waals surface area contributed by atoms with Crippen molar-refractivity contribution in [1.82, 2.24) is 14.7 Å². The summed E-state index contributed by atoms with van der Waals surface area (Å²) in [5, 5.41) is 2.32. The second-order valence-corrected chi connectivity index (χ2v) is 6.27. The average Bonchev–Trinajstić information content (AvgIpc) is 2.69. The number of hydrogen-bond acceptors (Lipinski definition) is 6. The molecular formula is C20H17F2N3O5. The van der Waals surface area contributed by atoms with Crippen LogP contribution in [-0.2, 0) is 16.1 Å². The molecule has 156 valence electrons. The molecular weight excluding hydrogens is 400 g/mol. The highest BCUT2D eigenvalue weighted by Gasteiger charge is 2.12. The first-order valence-corrected chi connectivity index (χ1v) is 8.79. The first-order valence-electron chi connectivity index (χ1n) is 8.79. The molecule has 2 aromatic heterocycles. The summed E-state index contributed by atoms with van der Waals surface area (Å²) in [4.78, 5) is 40.3. The van der Waals surface area contributed by atoms with Gasteiger partial charge in [0.25, 0.3) is 11.5 Å². The van der Waals surface area contributed by atoms with Gasteiger partial charge in [0.1, 0.15) is 24.5 Å². The first kappa shape index (κ1) is 20.9. The van der Waals surface area contributed by atoms with Gasteiger partial charge >= 0.3 is 12.6 Å². The number of nitrogens with zero attached hydrogens (tertiary/aromatic N) is 2. The quantitative estimate of drug-likeness (QED) is 0.591. The minimum absolute atomic E-state index is 0.0422. The van der Waals surface area contributed by atoms with E-state index in [0.29, 0.717) is 5.65 Å². The number of nitrogens with one attached hydrogen (secondary N) is 1. The smallest absolute Gasteiger partial charge is 0.387 e. The Hall–Kier alpha value is -3.82. The minimum Gasteiger partial charge on any atom is -0.458 e. The van der Waals surface area contributed by atoms with Gasteiger partial charge in [0, 0.05) is 17.8 Å². The summed E-state index contributed by atoms with van der Waals surface area (Å²) in [6, 6.07) is 9.90. The Morgan fingerprint density at radius 1 is 1.20 bits per heavy atom. The van der Waals surface area contributed by atoms with E-state index in [1.54, 1.807) is 18.3 Å². The first-order chi connectivity index (χ1) is 14.3. The lowest BCUT2D eigenvalue weighted by molar-refractivity contribution is -0.143. The molecule has 0 aliphatic rings. The number of carbonyl (C=O) groups is 2. The van der Waals surface area contributed by atoms with Crippen molar-refractivity contribution in [2.75, 3.05) is 6.54 Å². The van der Waals surface area contributed by atoms with Crippen molar-refractivity contribution in [3.63, 3.8) is 0 Å². The van der Waals surface area contributed by atoms with Crippen molar-refractivity contribution in [2.45, 2.75) is 20.1 Å². The molecule has 3 aromatic rings. The van der Waals surface area contributed by atoms with E-state index in [4.69, 9.17) is 4.74 Å². The number of aryl methyl sites for hydroxylation is 1. The fourth-order valence-electron chi connectivity index (χ4n) is 2.60. The maximum absolute atomic E-state index is 12.3. The van der Waals surface area contributed by atoms with Gasteiger partial charge in [-0.2, -0.15) is 8.78 Å². The van der Waals surface area contributed by atoms with E-state index in [0.717, 1.165) is 11.6 Å². The van der Waals surface area contributed by atoms with Gasteiger partial charge in [-0.3, -0.25) is 18.8 Å². The number of aromatic nitrogens is 2. The summed E-state index contributed by atoms with van der Waals surface area (Å²) >= 11 is 0. The number of esters is 1.